The fourth-order valence-corrected chi connectivity index (χ4v) is 3.50. The summed E-state index contributed by atoms with van der Waals surface area (Å²) in [6.07, 6.45) is 3.81. The molecule has 1 aromatic rings. The summed E-state index contributed by atoms with van der Waals surface area (Å²) < 4.78 is 11.2. The molecule has 2 N–H and O–H groups in total. The average molecular weight is 320 g/mol. The molecule has 6 nitrogen and oxygen atoms in total. The standard InChI is InChI=1S/C17H24N2O4/c1-3-22-14-10-6-5-9-13(14)18-19-15(20)23-17(16(19,2)21)11-7-4-8-12-17/h5-6,9-10,18,21H,3-4,7-8,11-12H2,1-2H3. The number of ether oxygens (including phenoxy) is 2. The Bertz CT molecular complexity index is 582. The van der Waals surface area contributed by atoms with E-state index in [2.05, 4.69) is 5.43 Å². The van der Waals surface area contributed by atoms with E-state index in [1.54, 1.807) is 13.0 Å². The van der Waals surface area contributed by atoms with Crippen LogP contribution in [0.25, 0.3) is 0 Å². The van der Waals surface area contributed by atoms with Crippen molar-refractivity contribution in [3.05, 3.63) is 24.3 Å². The molecule has 1 aliphatic heterocycles. The van der Waals surface area contributed by atoms with Gasteiger partial charge in [-0.05, 0) is 51.7 Å². The van der Waals surface area contributed by atoms with E-state index in [0.717, 1.165) is 19.3 Å². The molecule has 1 amide bonds. The number of hydrazine groups is 1. The number of para-hydroxylation sites is 2. The lowest BCUT2D eigenvalue weighted by molar-refractivity contribution is -0.154. The van der Waals surface area contributed by atoms with Crippen molar-refractivity contribution in [2.45, 2.75) is 57.3 Å². The number of carbonyl (C=O) groups is 1. The molecule has 1 aliphatic carbocycles. The van der Waals surface area contributed by atoms with Crippen LogP contribution < -0.4 is 10.2 Å². The second-order valence-electron chi connectivity index (χ2n) is 6.32. The van der Waals surface area contributed by atoms with Crippen molar-refractivity contribution in [2.24, 2.45) is 0 Å². The Morgan fingerprint density at radius 2 is 2.00 bits per heavy atom. The molecule has 23 heavy (non-hydrogen) atoms. The minimum Gasteiger partial charge on any atom is -0.492 e. The van der Waals surface area contributed by atoms with Gasteiger partial charge in [0.2, 0.25) is 0 Å². The Morgan fingerprint density at radius 3 is 2.70 bits per heavy atom. The molecule has 1 heterocycles. The van der Waals surface area contributed by atoms with Crippen LogP contribution in [0.4, 0.5) is 10.5 Å². The Kier molecular flexibility index (Phi) is 4.10. The van der Waals surface area contributed by atoms with Gasteiger partial charge >= 0.3 is 6.09 Å². The molecule has 2 aliphatic rings. The summed E-state index contributed by atoms with van der Waals surface area (Å²) in [4.78, 5) is 12.4. The Balaban J connectivity index is 1.87. The summed E-state index contributed by atoms with van der Waals surface area (Å²) >= 11 is 0. The van der Waals surface area contributed by atoms with Crippen molar-refractivity contribution in [1.82, 2.24) is 5.01 Å². The minimum atomic E-state index is -1.41. The normalized spacial score (nSPS) is 26.2. The third-order valence-electron chi connectivity index (χ3n) is 4.84. The van der Waals surface area contributed by atoms with Crippen LogP contribution in [0.1, 0.15) is 46.0 Å². The predicted octanol–water partition coefficient (Wildman–Crippen LogP) is 3.28. The van der Waals surface area contributed by atoms with Gasteiger partial charge in [0.1, 0.15) is 5.75 Å². The fourth-order valence-electron chi connectivity index (χ4n) is 3.50. The summed E-state index contributed by atoms with van der Waals surface area (Å²) in [5, 5.41) is 12.2. The van der Waals surface area contributed by atoms with E-state index in [4.69, 9.17) is 9.47 Å². The van der Waals surface area contributed by atoms with Crippen molar-refractivity contribution < 1.29 is 19.4 Å². The van der Waals surface area contributed by atoms with Crippen molar-refractivity contribution >= 4 is 11.8 Å². The first-order valence-electron chi connectivity index (χ1n) is 8.24. The molecule has 3 rings (SSSR count). The molecular weight excluding hydrogens is 296 g/mol. The van der Waals surface area contributed by atoms with E-state index in [-0.39, 0.29) is 0 Å². The smallest absolute Gasteiger partial charge is 0.432 e. The number of carbonyl (C=O) groups excluding carboxylic acids is 1. The number of amides is 1. The largest absolute Gasteiger partial charge is 0.492 e. The highest BCUT2D eigenvalue weighted by Gasteiger charge is 2.62. The molecule has 126 valence electrons. The molecule has 0 radical (unpaired) electrons. The van der Waals surface area contributed by atoms with E-state index in [9.17, 15) is 9.90 Å². The van der Waals surface area contributed by atoms with Gasteiger partial charge in [0.05, 0.1) is 12.3 Å². The lowest BCUT2D eigenvalue weighted by Crippen LogP contribution is -2.58. The van der Waals surface area contributed by atoms with Gasteiger partial charge in [0.25, 0.3) is 0 Å². The van der Waals surface area contributed by atoms with Crippen molar-refractivity contribution in [1.29, 1.82) is 0 Å². The van der Waals surface area contributed by atoms with Crippen molar-refractivity contribution in [3.63, 3.8) is 0 Å². The number of aliphatic hydroxyl groups is 1. The number of hydrogen-bond donors (Lipinski definition) is 2. The lowest BCUT2D eigenvalue weighted by Gasteiger charge is -2.41. The maximum Gasteiger partial charge on any atom is 0.432 e. The van der Waals surface area contributed by atoms with Crippen LogP contribution in [0.5, 0.6) is 5.75 Å². The van der Waals surface area contributed by atoms with E-state index in [1.165, 1.54) is 5.01 Å². The van der Waals surface area contributed by atoms with Gasteiger partial charge in [-0.15, -0.1) is 0 Å². The molecule has 1 saturated carbocycles. The summed E-state index contributed by atoms with van der Waals surface area (Å²) in [6.45, 7) is 4.05. The van der Waals surface area contributed by atoms with Crippen LogP contribution in [-0.4, -0.2) is 34.1 Å². The summed E-state index contributed by atoms with van der Waals surface area (Å²) in [6, 6.07) is 7.33. The zero-order valence-electron chi connectivity index (χ0n) is 13.7. The third-order valence-corrected chi connectivity index (χ3v) is 4.84. The molecule has 2 fully saturated rings. The molecule has 1 atom stereocenters. The first-order valence-corrected chi connectivity index (χ1v) is 8.24. The van der Waals surface area contributed by atoms with Gasteiger partial charge in [0.15, 0.2) is 11.3 Å². The molecule has 0 bridgehead atoms. The van der Waals surface area contributed by atoms with Crippen LogP contribution in [0.2, 0.25) is 0 Å². The molecule has 0 aromatic heterocycles. The van der Waals surface area contributed by atoms with Crippen molar-refractivity contribution in [2.75, 3.05) is 12.0 Å². The highest BCUT2D eigenvalue weighted by atomic mass is 16.6. The number of nitrogens with zero attached hydrogens (tertiary/aromatic N) is 1. The number of hydrogen-bond acceptors (Lipinski definition) is 5. The summed E-state index contributed by atoms with van der Waals surface area (Å²) in [5.41, 5.74) is 1.36. The molecule has 6 heteroatoms. The van der Waals surface area contributed by atoms with E-state index < -0.39 is 17.4 Å². The number of benzene rings is 1. The summed E-state index contributed by atoms with van der Waals surface area (Å²) in [7, 11) is 0. The molecular formula is C17H24N2O4. The fraction of sp³-hybridized carbons (Fsp3) is 0.588. The Labute approximate surface area is 136 Å². The quantitative estimate of drug-likeness (QED) is 0.891. The molecule has 1 unspecified atom stereocenters. The van der Waals surface area contributed by atoms with Crippen LogP contribution in [0.15, 0.2) is 24.3 Å². The number of nitrogens with one attached hydrogen (secondary N) is 1. The second-order valence-corrected chi connectivity index (χ2v) is 6.32. The highest BCUT2D eigenvalue weighted by molar-refractivity contribution is 5.75. The first kappa shape index (κ1) is 15.9. The van der Waals surface area contributed by atoms with E-state index in [1.807, 2.05) is 25.1 Å². The van der Waals surface area contributed by atoms with Crippen molar-refractivity contribution in [3.8, 4) is 5.75 Å². The molecule has 1 spiro atoms. The van der Waals surface area contributed by atoms with Gasteiger partial charge < -0.3 is 14.6 Å². The maximum absolute atomic E-state index is 12.4. The minimum absolute atomic E-state index is 0.517. The molecule has 1 saturated heterocycles. The zero-order chi connectivity index (χ0) is 16.5. The van der Waals surface area contributed by atoms with Crippen LogP contribution in [0.3, 0.4) is 0 Å². The average Bonchev–Trinajstić information content (AvgIpc) is 2.70. The van der Waals surface area contributed by atoms with Gasteiger partial charge in [-0.1, -0.05) is 18.6 Å². The SMILES string of the molecule is CCOc1ccccc1NN1C(=O)OC2(CCCCC2)C1(C)O. The molecule has 1 aromatic carbocycles. The summed E-state index contributed by atoms with van der Waals surface area (Å²) in [5.74, 6) is 0.628. The topological polar surface area (TPSA) is 71.0 Å². The van der Waals surface area contributed by atoms with Gasteiger partial charge in [-0.2, -0.15) is 5.01 Å². The van der Waals surface area contributed by atoms with Gasteiger partial charge in [-0.25, -0.2) is 4.79 Å². The van der Waals surface area contributed by atoms with E-state index in [0.29, 0.717) is 30.9 Å². The zero-order valence-corrected chi connectivity index (χ0v) is 13.7. The second kappa shape index (κ2) is 5.92. The monoisotopic (exact) mass is 320 g/mol. The predicted molar refractivity (Wildman–Crippen MR) is 86.0 cm³/mol. The Morgan fingerprint density at radius 1 is 1.30 bits per heavy atom. The third kappa shape index (κ3) is 2.61. The van der Waals surface area contributed by atoms with Gasteiger partial charge in [-0.3, -0.25) is 5.43 Å². The Hall–Kier alpha value is -1.95. The van der Waals surface area contributed by atoms with E-state index >= 15 is 0 Å². The first-order chi connectivity index (χ1) is 11.0. The maximum atomic E-state index is 12.4. The highest BCUT2D eigenvalue weighted by Crippen LogP contribution is 2.47. The number of rotatable bonds is 4. The van der Waals surface area contributed by atoms with Crippen LogP contribution in [-0.2, 0) is 4.74 Å². The van der Waals surface area contributed by atoms with Gasteiger partial charge in [0, 0.05) is 0 Å². The lowest BCUT2D eigenvalue weighted by atomic mass is 9.78. The van der Waals surface area contributed by atoms with Crippen LogP contribution in [0, 0.1) is 0 Å². The van der Waals surface area contributed by atoms with Crippen LogP contribution >= 0.6 is 0 Å². The number of anilines is 1.